The van der Waals surface area contributed by atoms with Crippen LogP contribution >= 0.6 is 0 Å². The van der Waals surface area contributed by atoms with Crippen molar-refractivity contribution in [3.8, 4) is 0 Å². The quantitative estimate of drug-likeness (QED) is 0.401. The maximum absolute atomic E-state index is 9.98. The van der Waals surface area contributed by atoms with Crippen molar-refractivity contribution in [3.63, 3.8) is 0 Å². The van der Waals surface area contributed by atoms with Crippen molar-refractivity contribution in [2.24, 2.45) is 0 Å². The van der Waals surface area contributed by atoms with Crippen LogP contribution in [0.4, 0.5) is 0 Å². The number of ketones is 4. The number of rotatable bonds is 4. The van der Waals surface area contributed by atoms with Crippen LogP contribution in [0.15, 0.2) is 0 Å². The second kappa shape index (κ2) is 23.3. The van der Waals surface area contributed by atoms with Gasteiger partial charge in [0.2, 0.25) is 0 Å². The van der Waals surface area contributed by atoms with E-state index in [0.29, 0.717) is 0 Å². The summed E-state index contributed by atoms with van der Waals surface area (Å²) in [5.74, 6) is -0.750. The molecule has 7 heteroatoms. The molecule has 0 aromatic heterocycles. The third-order valence-electron chi connectivity index (χ3n) is 0.813. The summed E-state index contributed by atoms with van der Waals surface area (Å²) in [6.07, 6.45) is 1.28. The van der Waals surface area contributed by atoms with E-state index in [1.165, 1.54) is 27.7 Å². The van der Waals surface area contributed by atoms with Crippen LogP contribution in [0.25, 0.3) is 0 Å². The third kappa shape index (κ3) is 154. The first-order valence-electron chi connectivity index (χ1n) is 6.75. The van der Waals surface area contributed by atoms with Gasteiger partial charge in [-0.05, 0) is 27.7 Å². The Morgan fingerprint density at radius 3 is 0.696 bits per heavy atom. The van der Waals surface area contributed by atoms with Gasteiger partial charge in [0.1, 0.15) is 0 Å². The molecular weight excluding hydrogens is 336 g/mol. The summed E-state index contributed by atoms with van der Waals surface area (Å²) in [6, 6.07) is 0. The minimum absolute atomic E-state index is 0. The molecule has 0 rings (SSSR count). The standard InChI is InChI=1S/2C5H7O2.2C3H7O.Ti/c2*1-4(6)3-5(2)7;2*1-3(2)4;/h2*3H,1-2H3;2*3H,1-2H3;/q4*-1;+4. The average Bonchev–Trinajstić information content (AvgIpc) is 2.10. The average molecular weight is 364 g/mol. The zero-order chi connectivity index (χ0) is 18.9. The van der Waals surface area contributed by atoms with Gasteiger partial charge < -0.3 is 29.4 Å². The van der Waals surface area contributed by atoms with E-state index in [0.717, 1.165) is 12.8 Å². The zero-order valence-corrected chi connectivity index (χ0v) is 16.8. The third-order valence-corrected chi connectivity index (χ3v) is 0.813. The molecule has 0 aromatic rings. The fourth-order valence-electron chi connectivity index (χ4n) is 0.572. The Balaban J connectivity index is -0.0000000639. The van der Waals surface area contributed by atoms with Gasteiger partial charge in [0.15, 0.2) is 0 Å². The number of carbonyl (C=O) groups excluding carboxylic acids is 4. The SMILES string of the molecule is CC(=O)[CH-]C(C)=O.CC(=O)[CH-]C(C)=O.CC(C)[O-].CC(C)[O-].[Ti+4]. The fourth-order valence-corrected chi connectivity index (χ4v) is 0.572. The Bertz CT molecular complexity index is 263. The van der Waals surface area contributed by atoms with Crippen LogP contribution < -0.4 is 10.2 Å². The number of hydrogen-bond donors (Lipinski definition) is 0. The Kier molecular flexibility index (Phi) is 34.1. The van der Waals surface area contributed by atoms with E-state index in [1.807, 2.05) is 0 Å². The first kappa shape index (κ1) is 33.6. The molecule has 0 amide bonds. The maximum atomic E-state index is 9.98. The van der Waals surface area contributed by atoms with Crippen molar-refractivity contribution >= 4 is 23.1 Å². The Morgan fingerprint density at radius 2 is 0.696 bits per heavy atom. The molecule has 0 saturated heterocycles. The van der Waals surface area contributed by atoms with E-state index in [1.54, 1.807) is 27.7 Å². The second-order valence-corrected chi connectivity index (χ2v) is 4.83. The van der Waals surface area contributed by atoms with E-state index in [9.17, 15) is 29.4 Å². The van der Waals surface area contributed by atoms with Gasteiger partial charge in [0.25, 0.3) is 0 Å². The number of Topliss-reactive ketones (excluding diaryl/α,β-unsaturated/α-hetero) is 4. The Hall–Kier alpha value is -0.946. The smallest absolute Gasteiger partial charge is 0.852 e. The van der Waals surface area contributed by atoms with Crippen LogP contribution in [0.2, 0.25) is 0 Å². The van der Waals surface area contributed by atoms with E-state index >= 15 is 0 Å². The monoisotopic (exact) mass is 364 g/mol. The maximum Gasteiger partial charge on any atom is 4.00 e. The molecule has 6 nitrogen and oxygen atoms in total. The van der Waals surface area contributed by atoms with Gasteiger partial charge in [-0.15, -0.1) is 12.2 Å². The minimum Gasteiger partial charge on any atom is -0.852 e. The van der Waals surface area contributed by atoms with Gasteiger partial charge in [0, 0.05) is 23.1 Å². The predicted octanol–water partition coefficient (Wildman–Crippen LogP) is 0.245. The summed E-state index contributed by atoms with van der Waals surface area (Å²) < 4.78 is 0. The fraction of sp³-hybridized carbons (Fsp3) is 0.625. The van der Waals surface area contributed by atoms with Crippen molar-refractivity contribution in [2.45, 2.75) is 67.6 Å². The topological polar surface area (TPSA) is 114 Å². The molecule has 0 unspecified atom stereocenters. The van der Waals surface area contributed by atoms with E-state index < -0.39 is 12.2 Å². The first-order valence-corrected chi connectivity index (χ1v) is 6.75. The van der Waals surface area contributed by atoms with Gasteiger partial charge in [-0.3, -0.25) is 12.8 Å². The molecule has 0 bridgehead atoms. The summed E-state index contributed by atoms with van der Waals surface area (Å²) in [7, 11) is 0. The van der Waals surface area contributed by atoms with Gasteiger partial charge in [-0.25, -0.2) is 0 Å². The molecular formula is C16H28O6Ti. The number of carbonyl (C=O) groups is 4. The van der Waals surface area contributed by atoms with Crippen LogP contribution in [0.5, 0.6) is 0 Å². The van der Waals surface area contributed by atoms with Gasteiger partial charge in [-0.2, -0.15) is 0 Å². The van der Waals surface area contributed by atoms with Gasteiger partial charge >= 0.3 is 21.7 Å². The Morgan fingerprint density at radius 1 is 0.609 bits per heavy atom. The summed E-state index contributed by atoms with van der Waals surface area (Å²) in [4.78, 5) is 39.9. The largest absolute Gasteiger partial charge is 4.00 e. The minimum atomic E-state index is -0.417. The molecule has 0 aromatic carbocycles. The van der Waals surface area contributed by atoms with Crippen LogP contribution in [0.3, 0.4) is 0 Å². The molecule has 0 aliphatic heterocycles. The van der Waals surface area contributed by atoms with E-state index in [2.05, 4.69) is 0 Å². The molecule has 0 fully saturated rings. The first-order chi connectivity index (χ1) is 9.72. The van der Waals surface area contributed by atoms with Crippen LogP contribution in [0, 0.1) is 12.8 Å². The van der Waals surface area contributed by atoms with Crippen LogP contribution in [-0.2, 0) is 40.9 Å². The molecule has 0 aliphatic rings. The van der Waals surface area contributed by atoms with Crippen molar-refractivity contribution < 1.29 is 51.1 Å². The normalized spacial score (nSPS) is 7.83. The second-order valence-electron chi connectivity index (χ2n) is 4.83. The predicted molar refractivity (Wildman–Crippen MR) is 81.6 cm³/mol. The molecule has 0 N–H and O–H groups in total. The molecule has 0 spiro atoms. The Labute approximate surface area is 154 Å². The molecule has 132 valence electrons. The molecule has 23 heavy (non-hydrogen) atoms. The van der Waals surface area contributed by atoms with E-state index in [4.69, 9.17) is 0 Å². The summed E-state index contributed by atoms with van der Waals surface area (Å²) in [5, 5.41) is 19.1. The zero-order valence-electron chi connectivity index (χ0n) is 15.3. The van der Waals surface area contributed by atoms with Crippen LogP contribution in [-0.4, -0.2) is 35.3 Å². The van der Waals surface area contributed by atoms with Gasteiger partial charge in [-0.1, -0.05) is 27.7 Å². The van der Waals surface area contributed by atoms with Gasteiger partial charge in [0.05, 0.1) is 0 Å². The van der Waals surface area contributed by atoms with Crippen molar-refractivity contribution in [1.29, 1.82) is 0 Å². The molecule has 0 saturated carbocycles. The molecule has 0 heterocycles. The summed E-state index contributed by atoms with van der Waals surface area (Å²) in [5.41, 5.74) is 0. The number of hydrogen-bond acceptors (Lipinski definition) is 6. The molecule has 0 atom stereocenters. The van der Waals surface area contributed by atoms with E-state index in [-0.39, 0.29) is 44.9 Å². The van der Waals surface area contributed by atoms with Crippen molar-refractivity contribution in [3.05, 3.63) is 12.8 Å². The summed E-state index contributed by atoms with van der Waals surface area (Å²) in [6.45, 7) is 11.8. The summed E-state index contributed by atoms with van der Waals surface area (Å²) >= 11 is 0. The molecule has 0 radical (unpaired) electrons. The molecule has 0 aliphatic carbocycles. The van der Waals surface area contributed by atoms with Crippen LogP contribution in [0.1, 0.15) is 55.4 Å². The van der Waals surface area contributed by atoms with Crippen molar-refractivity contribution in [2.75, 3.05) is 0 Å². The van der Waals surface area contributed by atoms with Crippen molar-refractivity contribution in [1.82, 2.24) is 0 Å².